The first-order valence-electron chi connectivity index (χ1n) is 6.65. The van der Waals surface area contributed by atoms with Crippen molar-refractivity contribution in [1.82, 2.24) is 9.62 Å². The van der Waals surface area contributed by atoms with Crippen LogP contribution in [0.25, 0.3) is 0 Å². The van der Waals surface area contributed by atoms with Crippen LogP contribution in [0.2, 0.25) is 0 Å². The molecule has 4 N–H and O–H groups in total. The van der Waals surface area contributed by atoms with E-state index >= 15 is 0 Å². The van der Waals surface area contributed by atoms with Gasteiger partial charge in [-0.15, -0.1) is 0 Å². The Labute approximate surface area is 128 Å². The summed E-state index contributed by atoms with van der Waals surface area (Å²) in [5.41, 5.74) is 5.26. The van der Waals surface area contributed by atoms with E-state index < -0.39 is 34.0 Å². The van der Waals surface area contributed by atoms with Crippen LogP contribution in [0, 0.1) is 0 Å². The zero-order valence-electron chi connectivity index (χ0n) is 11.7. The maximum Gasteiger partial charge on any atom is 0.326 e. The second-order valence-corrected chi connectivity index (χ2v) is 6.69. The number of carboxylic acids is 1. The largest absolute Gasteiger partial charge is 0.480 e. The van der Waals surface area contributed by atoms with Gasteiger partial charge < -0.3 is 15.7 Å². The molecule has 1 saturated heterocycles. The molecule has 1 aliphatic rings. The highest BCUT2D eigenvalue weighted by atomic mass is 32.2. The molecule has 8 nitrogen and oxygen atoms in total. The Hall–Kier alpha value is -1.97. The van der Waals surface area contributed by atoms with Crippen LogP contribution in [-0.4, -0.2) is 55.5 Å². The van der Waals surface area contributed by atoms with Gasteiger partial charge in [0.1, 0.15) is 6.04 Å². The SMILES string of the molecule is NCC(=O)N1C[C@H](NS(=O)(=O)c2ccccc2)C[C@H]1C(=O)O. The number of rotatable bonds is 5. The maximum absolute atomic E-state index is 12.2. The average Bonchev–Trinajstić information content (AvgIpc) is 2.90. The minimum atomic E-state index is -3.76. The van der Waals surface area contributed by atoms with Crippen molar-refractivity contribution < 1.29 is 23.1 Å². The zero-order valence-corrected chi connectivity index (χ0v) is 12.5. The van der Waals surface area contributed by atoms with E-state index in [2.05, 4.69) is 4.72 Å². The van der Waals surface area contributed by atoms with E-state index in [1.807, 2.05) is 0 Å². The molecule has 0 aromatic heterocycles. The molecule has 0 radical (unpaired) electrons. The first-order valence-corrected chi connectivity index (χ1v) is 8.13. The summed E-state index contributed by atoms with van der Waals surface area (Å²) in [5, 5.41) is 9.15. The molecule has 0 unspecified atom stereocenters. The Morgan fingerprint density at radius 1 is 1.32 bits per heavy atom. The lowest BCUT2D eigenvalue weighted by Gasteiger charge is -2.20. The molecule has 22 heavy (non-hydrogen) atoms. The van der Waals surface area contributed by atoms with Crippen LogP contribution < -0.4 is 10.5 Å². The summed E-state index contributed by atoms with van der Waals surface area (Å²) in [6.07, 6.45) is 0.00708. The van der Waals surface area contributed by atoms with Gasteiger partial charge in [-0.1, -0.05) is 18.2 Å². The Bertz CT molecular complexity index is 662. The lowest BCUT2D eigenvalue weighted by atomic mass is 10.2. The molecule has 1 aromatic rings. The predicted molar refractivity (Wildman–Crippen MR) is 77.4 cm³/mol. The maximum atomic E-state index is 12.2. The van der Waals surface area contributed by atoms with Crippen molar-refractivity contribution >= 4 is 21.9 Å². The fourth-order valence-electron chi connectivity index (χ4n) is 2.44. The highest BCUT2D eigenvalue weighted by molar-refractivity contribution is 7.89. The van der Waals surface area contributed by atoms with Gasteiger partial charge in [0.15, 0.2) is 0 Å². The molecule has 1 aromatic carbocycles. The number of hydrogen-bond acceptors (Lipinski definition) is 5. The van der Waals surface area contributed by atoms with Gasteiger partial charge in [-0.25, -0.2) is 17.9 Å². The van der Waals surface area contributed by atoms with Crippen molar-refractivity contribution in [1.29, 1.82) is 0 Å². The van der Waals surface area contributed by atoms with Crippen molar-refractivity contribution in [2.75, 3.05) is 13.1 Å². The van der Waals surface area contributed by atoms with E-state index in [0.717, 1.165) is 4.90 Å². The van der Waals surface area contributed by atoms with Crippen molar-refractivity contribution in [3.05, 3.63) is 30.3 Å². The number of carbonyl (C=O) groups excluding carboxylic acids is 1. The molecule has 0 saturated carbocycles. The number of aliphatic carboxylic acids is 1. The number of hydrogen-bond donors (Lipinski definition) is 3. The molecule has 1 heterocycles. The van der Waals surface area contributed by atoms with Crippen LogP contribution in [0.5, 0.6) is 0 Å². The topological polar surface area (TPSA) is 130 Å². The summed E-state index contributed by atoms with van der Waals surface area (Å²) in [5.74, 6) is -1.70. The summed E-state index contributed by atoms with van der Waals surface area (Å²) < 4.78 is 26.9. The van der Waals surface area contributed by atoms with Gasteiger partial charge in [0.2, 0.25) is 15.9 Å². The van der Waals surface area contributed by atoms with E-state index in [4.69, 9.17) is 10.8 Å². The average molecular weight is 327 g/mol. The van der Waals surface area contributed by atoms with E-state index in [9.17, 15) is 18.0 Å². The van der Waals surface area contributed by atoms with Crippen molar-refractivity contribution in [2.24, 2.45) is 5.73 Å². The highest BCUT2D eigenvalue weighted by Crippen LogP contribution is 2.20. The molecule has 0 spiro atoms. The van der Waals surface area contributed by atoms with Crippen molar-refractivity contribution in [3.63, 3.8) is 0 Å². The summed E-state index contributed by atoms with van der Waals surface area (Å²) in [7, 11) is -3.76. The standard InChI is InChI=1S/C13H17N3O5S/c14-7-12(17)16-8-9(6-11(16)13(18)19)15-22(20,21)10-4-2-1-3-5-10/h1-5,9,11,15H,6-8,14H2,(H,18,19)/t9-,11+/m1/s1. The van der Waals surface area contributed by atoms with Crippen LogP contribution in [0.4, 0.5) is 0 Å². The van der Waals surface area contributed by atoms with E-state index in [0.29, 0.717) is 0 Å². The summed E-state index contributed by atoms with van der Waals surface area (Å²) >= 11 is 0. The van der Waals surface area contributed by atoms with E-state index in [-0.39, 0.29) is 24.4 Å². The Morgan fingerprint density at radius 2 is 1.95 bits per heavy atom. The fraction of sp³-hybridized carbons (Fsp3) is 0.385. The predicted octanol–water partition coefficient (Wildman–Crippen LogP) is -1.02. The van der Waals surface area contributed by atoms with E-state index in [1.165, 1.54) is 12.1 Å². The summed E-state index contributed by atoms with van der Waals surface area (Å²) in [4.78, 5) is 24.1. The fourth-order valence-corrected chi connectivity index (χ4v) is 3.70. The number of likely N-dealkylation sites (tertiary alicyclic amines) is 1. The molecule has 120 valence electrons. The Morgan fingerprint density at radius 3 is 2.50 bits per heavy atom. The molecular formula is C13H17N3O5S. The van der Waals surface area contributed by atoms with Gasteiger partial charge in [-0.3, -0.25) is 4.79 Å². The molecule has 0 bridgehead atoms. The van der Waals surface area contributed by atoms with Crippen molar-refractivity contribution in [3.8, 4) is 0 Å². The molecule has 9 heteroatoms. The van der Waals surface area contributed by atoms with Gasteiger partial charge >= 0.3 is 5.97 Å². The zero-order chi connectivity index (χ0) is 16.3. The summed E-state index contributed by atoms with van der Waals surface area (Å²) in [6, 6.07) is 6.02. The molecule has 2 atom stereocenters. The Kier molecular flexibility index (Phi) is 4.79. The van der Waals surface area contributed by atoms with Gasteiger partial charge in [0, 0.05) is 12.6 Å². The first kappa shape index (κ1) is 16.4. The third kappa shape index (κ3) is 3.43. The number of nitrogens with two attached hydrogens (primary N) is 1. The van der Waals surface area contributed by atoms with Crippen LogP contribution in [0.3, 0.4) is 0 Å². The number of benzene rings is 1. The smallest absolute Gasteiger partial charge is 0.326 e. The first-order chi connectivity index (χ1) is 10.3. The van der Waals surface area contributed by atoms with Crippen LogP contribution in [0.1, 0.15) is 6.42 Å². The van der Waals surface area contributed by atoms with Gasteiger partial charge in [-0.05, 0) is 18.6 Å². The molecule has 0 aliphatic carbocycles. The molecule has 1 amide bonds. The lowest BCUT2D eigenvalue weighted by Crippen LogP contribution is -2.44. The van der Waals surface area contributed by atoms with E-state index in [1.54, 1.807) is 18.2 Å². The van der Waals surface area contributed by atoms with Crippen molar-refractivity contribution in [2.45, 2.75) is 23.4 Å². The van der Waals surface area contributed by atoms with Gasteiger partial charge in [0.05, 0.1) is 11.4 Å². The molecule has 1 fully saturated rings. The minimum absolute atomic E-state index is 0.00708. The number of amides is 1. The van der Waals surface area contributed by atoms with Crippen LogP contribution in [0.15, 0.2) is 35.2 Å². The minimum Gasteiger partial charge on any atom is -0.480 e. The highest BCUT2D eigenvalue weighted by Gasteiger charge is 2.40. The normalized spacial score (nSPS) is 21.8. The monoisotopic (exact) mass is 327 g/mol. The Balaban J connectivity index is 2.15. The number of nitrogens with zero attached hydrogens (tertiary/aromatic N) is 1. The second-order valence-electron chi connectivity index (χ2n) is 4.97. The number of nitrogens with one attached hydrogen (secondary N) is 1. The number of sulfonamides is 1. The molecular weight excluding hydrogens is 310 g/mol. The summed E-state index contributed by atoms with van der Waals surface area (Å²) in [6.45, 7) is -0.332. The molecule has 1 aliphatic heterocycles. The van der Waals surface area contributed by atoms with Crippen LogP contribution >= 0.6 is 0 Å². The third-order valence-corrected chi connectivity index (χ3v) is 4.99. The van der Waals surface area contributed by atoms with Crippen LogP contribution in [-0.2, 0) is 19.6 Å². The quantitative estimate of drug-likeness (QED) is 0.634. The lowest BCUT2D eigenvalue weighted by molar-refractivity contribution is -0.147. The van der Waals surface area contributed by atoms with Gasteiger partial charge in [-0.2, -0.15) is 0 Å². The van der Waals surface area contributed by atoms with Gasteiger partial charge in [0.25, 0.3) is 0 Å². The number of carboxylic acid groups (broad SMARTS) is 1. The third-order valence-electron chi connectivity index (χ3n) is 3.46. The number of carbonyl (C=O) groups is 2. The molecule has 2 rings (SSSR count). The second kappa shape index (κ2) is 6.42.